The fraction of sp³-hybridized carbons (Fsp3) is 0.114. The molecule has 2 heteroatoms. The molecule has 5 aromatic rings. The molecule has 0 radical (unpaired) electrons. The molecule has 0 fully saturated rings. The van der Waals surface area contributed by atoms with Gasteiger partial charge in [-0.1, -0.05) is 102 Å². The quantitative estimate of drug-likeness (QED) is 0.267. The summed E-state index contributed by atoms with van der Waals surface area (Å²) in [6, 6.07) is 32.4. The number of allylic oxidation sites excluding steroid dienone is 2. The van der Waals surface area contributed by atoms with Gasteiger partial charge in [-0.05, 0) is 62.1 Å². The molecule has 4 aromatic carbocycles. The summed E-state index contributed by atoms with van der Waals surface area (Å²) in [5.74, 6) is 0. The maximum Gasteiger partial charge on any atom is 0.0737 e. The van der Waals surface area contributed by atoms with Gasteiger partial charge in [0.1, 0.15) is 0 Å². The standard InChI is InChI=1S/C35H30N2/c1-22-14-16-27(17-15-22)35-29-13-9-8-12-28(29)31(37-35)21-32-30(26-10-6-5-7-11-26)20-33(36-32)34-24(3)18-23(2)19-25(34)4/h5-21,37H,1-4H3/b32-21-. The number of aryl methyl sites for hydroxylation is 4. The molecular weight excluding hydrogens is 448 g/mol. The molecular formula is C35H30N2. The fourth-order valence-corrected chi connectivity index (χ4v) is 5.51. The number of aliphatic imine (C=N–C) groups is 1. The van der Waals surface area contributed by atoms with Gasteiger partial charge in [-0.25, -0.2) is 4.99 Å². The number of nitrogens with zero attached hydrogens (tertiary/aromatic N) is 1. The molecule has 37 heavy (non-hydrogen) atoms. The summed E-state index contributed by atoms with van der Waals surface area (Å²) in [6.45, 7) is 8.64. The molecule has 1 aliphatic heterocycles. The molecule has 1 aromatic heterocycles. The molecule has 0 saturated heterocycles. The van der Waals surface area contributed by atoms with Crippen LogP contribution in [0.3, 0.4) is 0 Å². The van der Waals surface area contributed by atoms with Crippen molar-refractivity contribution >= 4 is 28.1 Å². The van der Waals surface area contributed by atoms with Gasteiger partial charge in [0, 0.05) is 27.6 Å². The molecule has 0 spiro atoms. The van der Waals surface area contributed by atoms with Crippen LogP contribution in [0.5, 0.6) is 0 Å². The second-order valence-electron chi connectivity index (χ2n) is 10.0. The maximum absolute atomic E-state index is 5.23. The van der Waals surface area contributed by atoms with Crippen LogP contribution in [0.25, 0.3) is 33.7 Å². The first-order valence-electron chi connectivity index (χ1n) is 12.8. The topological polar surface area (TPSA) is 28.1 Å². The van der Waals surface area contributed by atoms with E-state index in [2.05, 4.69) is 136 Å². The SMILES string of the molecule is Cc1ccc(-c2[nH]c(/C=C3\N=C(c4c(C)cc(C)cc4C)C=C3c3ccccc3)c3ccccc23)cc1. The maximum atomic E-state index is 5.23. The van der Waals surface area contributed by atoms with E-state index in [-0.39, 0.29) is 0 Å². The number of hydrogen-bond donors (Lipinski definition) is 1. The normalized spacial score (nSPS) is 14.3. The highest BCUT2D eigenvalue weighted by molar-refractivity contribution is 6.20. The first-order chi connectivity index (χ1) is 18.0. The number of rotatable bonds is 4. The Kier molecular flexibility index (Phi) is 5.73. The van der Waals surface area contributed by atoms with Crippen LogP contribution in [0.15, 0.2) is 108 Å². The van der Waals surface area contributed by atoms with Crippen molar-refractivity contribution in [2.45, 2.75) is 27.7 Å². The summed E-state index contributed by atoms with van der Waals surface area (Å²) in [7, 11) is 0. The Balaban J connectivity index is 1.54. The highest BCUT2D eigenvalue weighted by Crippen LogP contribution is 2.37. The minimum Gasteiger partial charge on any atom is -0.354 e. The summed E-state index contributed by atoms with van der Waals surface area (Å²) >= 11 is 0. The number of hydrogen-bond acceptors (Lipinski definition) is 1. The van der Waals surface area contributed by atoms with Gasteiger partial charge in [0.2, 0.25) is 0 Å². The van der Waals surface area contributed by atoms with Crippen LogP contribution in [0.4, 0.5) is 0 Å². The van der Waals surface area contributed by atoms with Crippen molar-refractivity contribution < 1.29 is 0 Å². The Morgan fingerprint density at radius 2 is 1.30 bits per heavy atom. The Hall–Kier alpha value is -4.43. The summed E-state index contributed by atoms with van der Waals surface area (Å²) in [5, 5.41) is 2.42. The van der Waals surface area contributed by atoms with E-state index in [1.165, 1.54) is 49.7 Å². The lowest BCUT2D eigenvalue weighted by Gasteiger charge is -2.09. The third-order valence-electron chi connectivity index (χ3n) is 7.18. The highest BCUT2D eigenvalue weighted by atomic mass is 14.8. The van der Waals surface area contributed by atoms with Crippen LogP contribution >= 0.6 is 0 Å². The molecule has 2 heterocycles. The van der Waals surface area contributed by atoms with E-state index >= 15 is 0 Å². The molecule has 0 bridgehead atoms. The first kappa shape index (κ1) is 23.0. The Morgan fingerprint density at radius 1 is 0.649 bits per heavy atom. The summed E-state index contributed by atoms with van der Waals surface area (Å²) < 4.78 is 0. The molecule has 1 aliphatic rings. The number of aromatic amines is 1. The zero-order valence-electron chi connectivity index (χ0n) is 21.8. The van der Waals surface area contributed by atoms with Crippen LogP contribution in [0.2, 0.25) is 0 Å². The van der Waals surface area contributed by atoms with E-state index in [1.807, 2.05) is 0 Å². The average molecular weight is 479 g/mol. The molecule has 0 unspecified atom stereocenters. The largest absolute Gasteiger partial charge is 0.354 e. The van der Waals surface area contributed by atoms with Crippen LogP contribution in [0, 0.1) is 27.7 Å². The lowest BCUT2D eigenvalue weighted by molar-refractivity contribution is 1.30. The smallest absolute Gasteiger partial charge is 0.0737 e. The van der Waals surface area contributed by atoms with Gasteiger partial charge in [0.15, 0.2) is 0 Å². The average Bonchev–Trinajstić information content (AvgIpc) is 3.47. The van der Waals surface area contributed by atoms with Gasteiger partial charge < -0.3 is 4.98 Å². The summed E-state index contributed by atoms with van der Waals surface area (Å²) in [4.78, 5) is 8.96. The summed E-state index contributed by atoms with van der Waals surface area (Å²) in [5.41, 5.74) is 14.0. The second kappa shape index (κ2) is 9.22. The van der Waals surface area contributed by atoms with Gasteiger partial charge in [-0.3, -0.25) is 0 Å². The van der Waals surface area contributed by atoms with E-state index in [4.69, 9.17) is 4.99 Å². The minimum absolute atomic E-state index is 0.975. The molecule has 1 N–H and O–H groups in total. The van der Waals surface area contributed by atoms with E-state index in [0.717, 1.165) is 28.4 Å². The van der Waals surface area contributed by atoms with Crippen LogP contribution < -0.4 is 0 Å². The number of aromatic nitrogens is 1. The Bertz CT molecular complexity index is 1700. The molecule has 0 amide bonds. The molecule has 2 nitrogen and oxygen atoms in total. The predicted molar refractivity (Wildman–Crippen MR) is 158 cm³/mol. The van der Waals surface area contributed by atoms with Crippen molar-refractivity contribution in [2.75, 3.05) is 0 Å². The molecule has 0 atom stereocenters. The predicted octanol–water partition coefficient (Wildman–Crippen LogP) is 9.00. The lowest BCUT2D eigenvalue weighted by Crippen LogP contribution is -2.02. The molecule has 6 rings (SSSR count). The van der Waals surface area contributed by atoms with Gasteiger partial charge in [0.25, 0.3) is 0 Å². The van der Waals surface area contributed by atoms with Crippen LogP contribution in [0.1, 0.15) is 39.1 Å². The van der Waals surface area contributed by atoms with E-state index < -0.39 is 0 Å². The molecule has 180 valence electrons. The Morgan fingerprint density at radius 3 is 2.00 bits per heavy atom. The van der Waals surface area contributed by atoms with Crippen molar-refractivity contribution in [2.24, 2.45) is 4.99 Å². The van der Waals surface area contributed by atoms with E-state index in [9.17, 15) is 0 Å². The zero-order valence-corrected chi connectivity index (χ0v) is 21.8. The van der Waals surface area contributed by atoms with Crippen molar-refractivity contribution in [1.82, 2.24) is 4.98 Å². The monoisotopic (exact) mass is 478 g/mol. The van der Waals surface area contributed by atoms with Crippen LogP contribution in [-0.2, 0) is 0 Å². The fourth-order valence-electron chi connectivity index (χ4n) is 5.51. The van der Waals surface area contributed by atoms with Crippen molar-refractivity contribution in [3.05, 3.63) is 142 Å². The van der Waals surface area contributed by atoms with Gasteiger partial charge in [-0.15, -0.1) is 0 Å². The van der Waals surface area contributed by atoms with E-state index in [0.29, 0.717) is 0 Å². The van der Waals surface area contributed by atoms with Gasteiger partial charge in [-0.2, -0.15) is 0 Å². The number of benzene rings is 4. The number of nitrogens with one attached hydrogen (secondary N) is 1. The highest BCUT2D eigenvalue weighted by Gasteiger charge is 2.21. The molecule has 0 aliphatic carbocycles. The Labute approximate surface area is 218 Å². The van der Waals surface area contributed by atoms with Crippen molar-refractivity contribution in [1.29, 1.82) is 0 Å². The van der Waals surface area contributed by atoms with Gasteiger partial charge >= 0.3 is 0 Å². The third-order valence-corrected chi connectivity index (χ3v) is 7.18. The number of H-pyrrole nitrogens is 1. The number of fused-ring (bicyclic) bond motifs is 1. The van der Waals surface area contributed by atoms with Crippen molar-refractivity contribution in [3.8, 4) is 11.3 Å². The summed E-state index contributed by atoms with van der Waals surface area (Å²) in [6.07, 6.45) is 4.46. The second-order valence-corrected chi connectivity index (χ2v) is 10.0. The third kappa shape index (κ3) is 4.25. The first-order valence-corrected chi connectivity index (χ1v) is 12.8. The zero-order chi connectivity index (χ0) is 25.5. The van der Waals surface area contributed by atoms with Crippen LogP contribution in [-0.4, -0.2) is 10.7 Å². The van der Waals surface area contributed by atoms with Crippen molar-refractivity contribution in [3.63, 3.8) is 0 Å². The lowest BCUT2D eigenvalue weighted by atomic mass is 9.95. The van der Waals surface area contributed by atoms with Gasteiger partial charge in [0.05, 0.1) is 17.1 Å². The van der Waals surface area contributed by atoms with E-state index in [1.54, 1.807) is 0 Å². The minimum atomic E-state index is 0.975. The molecule has 0 saturated carbocycles.